The number of hydrogen-bond donors (Lipinski definition) is 1. The van der Waals surface area contributed by atoms with Crippen molar-refractivity contribution in [1.29, 1.82) is 0 Å². The number of halogens is 1. The van der Waals surface area contributed by atoms with Crippen LogP contribution in [0.25, 0.3) is 0 Å². The van der Waals surface area contributed by atoms with Gasteiger partial charge in [-0.1, -0.05) is 28.1 Å². The quantitative estimate of drug-likeness (QED) is 0.925. The van der Waals surface area contributed by atoms with Gasteiger partial charge in [0.05, 0.1) is 6.04 Å². The lowest BCUT2D eigenvalue weighted by Crippen LogP contribution is -2.30. The Morgan fingerprint density at radius 2 is 2.12 bits per heavy atom. The lowest BCUT2D eigenvalue weighted by molar-refractivity contribution is 0.239. The Morgan fingerprint density at radius 1 is 1.41 bits per heavy atom. The Hall–Kier alpha value is -1.62. The Morgan fingerprint density at radius 3 is 2.71 bits per heavy atom. The summed E-state index contributed by atoms with van der Waals surface area (Å²) >= 11 is 3.38. The van der Waals surface area contributed by atoms with Gasteiger partial charge < -0.3 is 5.32 Å². The van der Waals surface area contributed by atoms with Crippen LogP contribution in [0.2, 0.25) is 0 Å². The average Bonchev–Trinajstić information content (AvgIpc) is 2.83. The number of benzene rings is 1. The third kappa shape index (κ3) is 2.94. The highest BCUT2D eigenvalue weighted by Crippen LogP contribution is 2.16. The molecule has 0 bridgehead atoms. The predicted octanol–water partition coefficient (Wildman–Crippen LogP) is 2.96. The maximum Gasteiger partial charge on any atom is 0.327 e. The SMILES string of the molecule is CC(NC(=O)n1ccnc1)c1ccc(Br)cc1. The van der Waals surface area contributed by atoms with E-state index in [1.165, 1.54) is 10.9 Å². The van der Waals surface area contributed by atoms with Gasteiger partial charge in [0.1, 0.15) is 6.33 Å². The van der Waals surface area contributed by atoms with Crippen LogP contribution in [0.15, 0.2) is 47.5 Å². The Kier molecular flexibility index (Phi) is 3.58. The molecule has 1 amide bonds. The van der Waals surface area contributed by atoms with Crippen molar-refractivity contribution < 1.29 is 4.79 Å². The summed E-state index contributed by atoms with van der Waals surface area (Å²) in [5.74, 6) is 0. The molecule has 88 valence electrons. The van der Waals surface area contributed by atoms with Crippen molar-refractivity contribution in [3.8, 4) is 0 Å². The molecule has 1 aromatic carbocycles. The second kappa shape index (κ2) is 5.14. The third-order valence-corrected chi connectivity index (χ3v) is 2.98. The highest BCUT2D eigenvalue weighted by molar-refractivity contribution is 9.10. The molecule has 0 fully saturated rings. The first kappa shape index (κ1) is 11.9. The molecule has 1 aromatic heterocycles. The topological polar surface area (TPSA) is 46.9 Å². The zero-order valence-electron chi connectivity index (χ0n) is 9.30. The summed E-state index contributed by atoms with van der Waals surface area (Å²) in [5.41, 5.74) is 1.06. The van der Waals surface area contributed by atoms with Crippen LogP contribution in [0.5, 0.6) is 0 Å². The van der Waals surface area contributed by atoms with Gasteiger partial charge in [0.15, 0.2) is 0 Å². The summed E-state index contributed by atoms with van der Waals surface area (Å²) in [7, 11) is 0. The second-order valence-electron chi connectivity index (χ2n) is 3.69. The maximum absolute atomic E-state index is 11.8. The number of imidazole rings is 1. The highest BCUT2D eigenvalue weighted by Gasteiger charge is 2.10. The zero-order chi connectivity index (χ0) is 12.3. The van der Waals surface area contributed by atoms with E-state index < -0.39 is 0 Å². The minimum Gasteiger partial charge on any atom is -0.331 e. The number of rotatable bonds is 2. The van der Waals surface area contributed by atoms with Crippen LogP contribution >= 0.6 is 15.9 Å². The van der Waals surface area contributed by atoms with E-state index >= 15 is 0 Å². The first-order chi connectivity index (χ1) is 8.16. The smallest absolute Gasteiger partial charge is 0.327 e. The standard InChI is InChI=1S/C12H12BrN3O/c1-9(10-2-4-11(13)5-3-10)15-12(17)16-7-6-14-8-16/h2-9H,1H3,(H,15,17). The number of carbonyl (C=O) groups excluding carboxylic acids is 1. The van der Waals surface area contributed by atoms with Crippen molar-refractivity contribution >= 4 is 22.0 Å². The van der Waals surface area contributed by atoms with Crippen LogP contribution < -0.4 is 5.32 Å². The van der Waals surface area contributed by atoms with Crippen molar-refractivity contribution in [1.82, 2.24) is 14.9 Å². The fraction of sp³-hybridized carbons (Fsp3) is 0.167. The molecule has 17 heavy (non-hydrogen) atoms. The summed E-state index contributed by atoms with van der Waals surface area (Å²) in [6.45, 7) is 1.94. The van der Waals surface area contributed by atoms with Crippen molar-refractivity contribution in [3.63, 3.8) is 0 Å². The van der Waals surface area contributed by atoms with Gasteiger partial charge in [-0.15, -0.1) is 0 Å². The van der Waals surface area contributed by atoms with Gasteiger partial charge in [-0.05, 0) is 24.6 Å². The number of nitrogens with one attached hydrogen (secondary N) is 1. The van der Waals surface area contributed by atoms with Gasteiger partial charge in [-0.2, -0.15) is 0 Å². The molecule has 0 aliphatic rings. The van der Waals surface area contributed by atoms with Gasteiger partial charge in [0.25, 0.3) is 0 Å². The third-order valence-electron chi connectivity index (χ3n) is 2.45. The van der Waals surface area contributed by atoms with E-state index in [0.717, 1.165) is 10.0 Å². The molecule has 4 nitrogen and oxygen atoms in total. The number of carbonyl (C=O) groups is 1. The van der Waals surface area contributed by atoms with E-state index in [0.29, 0.717) is 0 Å². The van der Waals surface area contributed by atoms with Crippen LogP contribution in [-0.2, 0) is 0 Å². The van der Waals surface area contributed by atoms with Crippen LogP contribution in [0.4, 0.5) is 4.79 Å². The van der Waals surface area contributed by atoms with E-state index in [9.17, 15) is 4.79 Å². The van der Waals surface area contributed by atoms with Gasteiger partial charge >= 0.3 is 6.03 Å². The van der Waals surface area contributed by atoms with Crippen LogP contribution in [0.3, 0.4) is 0 Å². The maximum atomic E-state index is 11.8. The monoisotopic (exact) mass is 293 g/mol. The number of amides is 1. The molecule has 0 spiro atoms. The Bertz CT molecular complexity index is 493. The fourth-order valence-electron chi connectivity index (χ4n) is 1.47. The van der Waals surface area contributed by atoms with Crippen LogP contribution in [0.1, 0.15) is 18.5 Å². The molecule has 2 rings (SSSR count). The zero-order valence-corrected chi connectivity index (χ0v) is 10.9. The van der Waals surface area contributed by atoms with Crippen LogP contribution in [-0.4, -0.2) is 15.6 Å². The van der Waals surface area contributed by atoms with Crippen molar-refractivity contribution in [3.05, 3.63) is 53.0 Å². The summed E-state index contributed by atoms with van der Waals surface area (Å²) < 4.78 is 2.43. The number of hydrogen-bond acceptors (Lipinski definition) is 2. The largest absolute Gasteiger partial charge is 0.331 e. The molecule has 0 saturated heterocycles. The highest BCUT2D eigenvalue weighted by atomic mass is 79.9. The van der Waals surface area contributed by atoms with E-state index in [1.54, 1.807) is 12.4 Å². The Balaban J connectivity index is 2.04. The molecular formula is C12H12BrN3O. The fourth-order valence-corrected chi connectivity index (χ4v) is 1.74. The summed E-state index contributed by atoms with van der Waals surface area (Å²) in [5, 5.41) is 2.89. The molecule has 0 aliphatic heterocycles. The lowest BCUT2D eigenvalue weighted by Gasteiger charge is -2.14. The van der Waals surface area contributed by atoms with Gasteiger partial charge in [-0.3, -0.25) is 4.57 Å². The molecule has 1 unspecified atom stereocenters. The first-order valence-corrected chi connectivity index (χ1v) is 6.00. The van der Waals surface area contributed by atoms with Crippen molar-refractivity contribution in [2.45, 2.75) is 13.0 Å². The van der Waals surface area contributed by atoms with Gasteiger partial charge in [0, 0.05) is 16.9 Å². The molecule has 1 heterocycles. The normalized spacial score (nSPS) is 12.1. The molecule has 0 saturated carbocycles. The van der Waals surface area contributed by atoms with Crippen molar-refractivity contribution in [2.24, 2.45) is 0 Å². The van der Waals surface area contributed by atoms with E-state index in [-0.39, 0.29) is 12.1 Å². The molecule has 5 heteroatoms. The minimum absolute atomic E-state index is 0.0435. The van der Waals surface area contributed by atoms with E-state index in [1.807, 2.05) is 31.2 Å². The molecule has 0 radical (unpaired) electrons. The molecular weight excluding hydrogens is 282 g/mol. The summed E-state index contributed by atoms with van der Waals surface area (Å²) in [6.07, 6.45) is 4.66. The molecule has 0 aliphatic carbocycles. The van der Waals surface area contributed by atoms with E-state index in [4.69, 9.17) is 0 Å². The second-order valence-corrected chi connectivity index (χ2v) is 4.61. The number of nitrogens with zero attached hydrogens (tertiary/aromatic N) is 2. The minimum atomic E-state index is -0.182. The summed E-state index contributed by atoms with van der Waals surface area (Å²) in [4.78, 5) is 15.6. The average molecular weight is 294 g/mol. The lowest BCUT2D eigenvalue weighted by atomic mass is 10.1. The van der Waals surface area contributed by atoms with E-state index in [2.05, 4.69) is 26.2 Å². The predicted molar refractivity (Wildman–Crippen MR) is 68.7 cm³/mol. The Labute approximate surface area is 108 Å². The van der Waals surface area contributed by atoms with Crippen LogP contribution in [0, 0.1) is 0 Å². The molecule has 2 aromatic rings. The van der Waals surface area contributed by atoms with Crippen molar-refractivity contribution in [2.75, 3.05) is 0 Å². The summed E-state index contributed by atoms with van der Waals surface area (Å²) in [6, 6.07) is 7.63. The van der Waals surface area contributed by atoms with Gasteiger partial charge in [0.2, 0.25) is 0 Å². The van der Waals surface area contributed by atoms with Gasteiger partial charge in [-0.25, -0.2) is 9.78 Å². The first-order valence-electron chi connectivity index (χ1n) is 5.21. The molecule has 1 N–H and O–H groups in total. The number of aromatic nitrogens is 2. The molecule has 1 atom stereocenters.